The summed E-state index contributed by atoms with van der Waals surface area (Å²) < 4.78 is 11.6. The van der Waals surface area contributed by atoms with Crippen LogP contribution in [0.15, 0.2) is 12.1 Å². The molecule has 6 nitrogen and oxygen atoms in total. The monoisotopic (exact) mass is 265 g/mol. The van der Waals surface area contributed by atoms with Gasteiger partial charge in [-0.25, -0.2) is 0 Å². The number of fused-ring (bicyclic) bond motifs is 1. The molecule has 1 spiro atoms. The van der Waals surface area contributed by atoms with Crippen molar-refractivity contribution in [1.29, 1.82) is 0 Å². The molecule has 19 heavy (non-hydrogen) atoms. The standard InChI is InChI=1S/C13H15NO5/c1-8(15)9-6-11-12(7-10(9)14(16)17)19-13(18-11)4-2-3-5-13/h6-8,15H,2-5H2,1H3. The van der Waals surface area contributed by atoms with Gasteiger partial charge in [0.25, 0.3) is 11.5 Å². The number of aliphatic hydroxyl groups is 1. The van der Waals surface area contributed by atoms with Gasteiger partial charge in [0.15, 0.2) is 11.5 Å². The number of nitro groups is 1. The Kier molecular flexibility index (Phi) is 2.63. The number of hydrogen-bond acceptors (Lipinski definition) is 5. The van der Waals surface area contributed by atoms with Crippen molar-refractivity contribution >= 4 is 5.69 Å². The van der Waals surface area contributed by atoms with Gasteiger partial charge in [-0.2, -0.15) is 0 Å². The van der Waals surface area contributed by atoms with Crippen LogP contribution < -0.4 is 9.47 Å². The van der Waals surface area contributed by atoms with Gasteiger partial charge in [-0.3, -0.25) is 10.1 Å². The molecular weight excluding hydrogens is 250 g/mol. The van der Waals surface area contributed by atoms with Crippen LogP contribution in [0.1, 0.15) is 44.3 Å². The number of nitro benzene ring substituents is 1. The highest BCUT2D eigenvalue weighted by Gasteiger charge is 2.45. The lowest BCUT2D eigenvalue weighted by molar-refractivity contribution is -0.386. The highest BCUT2D eigenvalue weighted by atomic mass is 16.7. The molecule has 1 aliphatic carbocycles. The molecule has 0 radical (unpaired) electrons. The summed E-state index contributed by atoms with van der Waals surface area (Å²) in [5.74, 6) is 0.245. The van der Waals surface area contributed by atoms with E-state index in [1.54, 1.807) is 0 Å². The zero-order valence-electron chi connectivity index (χ0n) is 10.6. The predicted octanol–water partition coefficient (Wildman–Crippen LogP) is 2.69. The first kappa shape index (κ1) is 12.2. The molecule has 3 rings (SSSR count). The molecule has 2 aliphatic rings. The minimum atomic E-state index is -0.922. The van der Waals surface area contributed by atoms with Crippen LogP contribution in [0.2, 0.25) is 0 Å². The predicted molar refractivity (Wildman–Crippen MR) is 66.2 cm³/mol. The van der Waals surface area contributed by atoms with E-state index in [4.69, 9.17) is 9.47 Å². The third kappa shape index (κ3) is 1.92. The van der Waals surface area contributed by atoms with Gasteiger partial charge in [-0.1, -0.05) is 0 Å². The summed E-state index contributed by atoms with van der Waals surface area (Å²) in [5, 5.41) is 20.7. The smallest absolute Gasteiger partial charge is 0.279 e. The molecule has 0 saturated heterocycles. The molecule has 1 aromatic carbocycles. The van der Waals surface area contributed by atoms with Crippen LogP contribution in [-0.4, -0.2) is 15.8 Å². The first-order chi connectivity index (χ1) is 9.01. The van der Waals surface area contributed by atoms with E-state index in [1.807, 2.05) is 0 Å². The van der Waals surface area contributed by atoms with E-state index in [0.717, 1.165) is 25.7 Å². The Morgan fingerprint density at radius 1 is 1.32 bits per heavy atom. The van der Waals surface area contributed by atoms with Crippen LogP contribution in [0, 0.1) is 10.1 Å². The van der Waals surface area contributed by atoms with Gasteiger partial charge in [0.2, 0.25) is 0 Å². The van der Waals surface area contributed by atoms with Gasteiger partial charge in [-0.05, 0) is 25.8 Å². The maximum atomic E-state index is 11.0. The maximum Gasteiger partial charge on any atom is 0.279 e. The van der Waals surface area contributed by atoms with Crippen molar-refractivity contribution in [3.63, 3.8) is 0 Å². The summed E-state index contributed by atoms with van der Waals surface area (Å²) in [6, 6.07) is 2.87. The molecule has 0 bridgehead atoms. The Hall–Kier alpha value is -1.82. The van der Waals surface area contributed by atoms with Crippen molar-refractivity contribution in [3.8, 4) is 11.5 Å². The van der Waals surface area contributed by atoms with Crippen molar-refractivity contribution in [2.75, 3.05) is 0 Å². The molecule has 102 valence electrons. The summed E-state index contributed by atoms with van der Waals surface area (Å²) in [4.78, 5) is 10.5. The van der Waals surface area contributed by atoms with Crippen LogP contribution in [0.4, 0.5) is 5.69 Å². The number of rotatable bonds is 2. The third-order valence-electron chi connectivity index (χ3n) is 3.70. The molecule has 0 amide bonds. The quantitative estimate of drug-likeness (QED) is 0.656. The molecule has 6 heteroatoms. The lowest BCUT2D eigenvalue weighted by atomic mass is 10.1. The van der Waals surface area contributed by atoms with E-state index in [1.165, 1.54) is 19.1 Å². The summed E-state index contributed by atoms with van der Waals surface area (Å²) in [6.45, 7) is 1.50. The van der Waals surface area contributed by atoms with Crippen LogP contribution in [-0.2, 0) is 0 Å². The Morgan fingerprint density at radius 3 is 2.42 bits per heavy atom. The van der Waals surface area contributed by atoms with Crippen LogP contribution in [0.25, 0.3) is 0 Å². The SMILES string of the molecule is CC(O)c1cc2c(cc1[N+](=O)[O-])OC1(CCCC1)O2. The van der Waals surface area contributed by atoms with Gasteiger partial charge in [0.1, 0.15) is 0 Å². The van der Waals surface area contributed by atoms with Crippen molar-refractivity contribution in [2.24, 2.45) is 0 Å². The summed E-state index contributed by atoms with van der Waals surface area (Å²) >= 11 is 0. The lowest BCUT2D eigenvalue weighted by Crippen LogP contribution is -2.34. The highest BCUT2D eigenvalue weighted by Crippen LogP contribution is 2.49. The molecule has 1 aromatic rings. The van der Waals surface area contributed by atoms with E-state index >= 15 is 0 Å². The fraction of sp³-hybridized carbons (Fsp3) is 0.538. The maximum absolute atomic E-state index is 11.0. The minimum absolute atomic E-state index is 0.132. The van der Waals surface area contributed by atoms with Crippen LogP contribution in [0.3, 0.4) is 0 Å². The number of hydrogen-bond donors (Lipinski definition) is 1. The zero-order chi connectivity index (χ0) is 13.6. The summed E-state index contributed by atoms with van der Waals surface area (Å²) in [6.07, 6.45) is 2.71. The van der Waals surface area contributed by atoms with Gasteiger partial charge < -0.3 is 14.6 Å². The van der Waals surface area contributed by atoms with Crippen molar-refractivity contribution in [3.05, 3.63) is 27.8 Å². The van der Waals surface area contributed by atoms with Crippen LogP contribution in [0.5, 0.6) is 11.5 Å². The summed E-state index contributed by atoms with van der Waals surface area (Å²) in [5.41, 5.74) is 0.120. The molecule has 1 unspecified atom stereocenters. The molecule has 1 fully saturated rings. The number of nitrogens with zero attached hydrogens (tertiary/aromatic N) is 1. The van der Waals surface area contributed by atoms with Crippen LogP contribution >= 0.6 is 0 Å². The first-order valence-electron chi connectivity index (χ1n) is 6.39. The van der Waals surface area contributed by atoms with E-state index in [0.29, 0.717) is 11.5 Å². The lowest BCUT2D eigenvalue weighted by Gasteiger charge is -2.21. The van der Waals surface area contributed by atoms with E-state index in [-0.39, 0.29) is 11.3 Å². The average Bonchev–Trinajstić information content (AvgIpc) is 2.93. The molecule has 1 N–H and O–H groups in total. The molecule has 1 aliphatic heterocycles. The van der Waals surface area contributed by atoms with Crippen molar-refractivity contribution in [1.82, 2.24) is 0 Å². The van der Waals surface area contributed by atoms with Gasteiger partial charge in [0, 0.05) is 12.8 Å². The fourth-order valence-corrected chi connectivity index (χ4v) is 2.76. The van der Waals surface area contributed by atoms with E-state index in [9.17, 15) is 15.2 Å². The Bertz CT molecular complexity index is 534. The highest BCUT2D eigenvalue weighted by molar-refractivity contribution is 5.56. The Balaban J connectivity index is 2.03. The second-order valence-electron chi connectivity index (χ2n) is 5.11. The van der Waals surface area contributed by atoms with Gasteiger partial charge in [0.05, 0.1) is 22.7 Å². The third-order valence-corrected chi connectivity index (χ3v) is 3.70. The molecule has 1 heterocycles. The number of benzene rings is 1. The van der Waals surface area contributed by atoms with Gasteiger partial charge in [-0.15, -0.1) is 0 Å². The van der Waals surface area contributed by atoms with E-state index in [2.05, 4.69) is 0 Å². The molecule has 0 aromatic heterocycles. The van der Waals surface area contributed by atoms with Crippen molar-refractivity contribution in [2.45, 2.75) is 44.5 Å². The summed E-state index contributed by atoms with van der Waals surface area (Å²) in [7, 11) is 0. The number of ether oxygens (including phenoxy) is 2. The Morgan fingerprint density at radius 2 is 1.89 bits per heavy atom. The average molecular weight is 265 g/mol. The topological polar surface area (TPSA) is 81.8 Å². The molecule has 1 atom stereocenters. The second-order valence-corrected chi connectivity index (χ2v) is 5.11. The first-order valence-corrected chi connectivity index (χ1v) is 6.39. The van der Waals surface area contributed by atoms with Gasteiger partial charge >= 0.3 is 0 Å². The fourth-order valence-electron chi connectivity index (χ4n) is 2.76. The largest absolute Gasteiger partial charge is 0.448 e. The zero-order valence-corrected chi connectivity index (χ0v) is 10.6. The molecule has 1 saturated carbocycles. The normalized spacial score (nSPS) is 20.7. The van der Waals surface area contributed by atoms with Crippen molar-refractivity contribution < 1.29 is 19.5 Å². The second kappa shape index (κ2) is 4.09. The molecular formula is C13H15NO5. The Labute approximate surface area is 110 Å². The minimum Gasteiger partial charge on any atom is -0.448 e. The number of aliphatic hydroxyl groups excluding tert-OH is 1. The van der Waals surface area contributed by atoms with E-state index < -0.39 is 16.8 Å².